The van der Waals surface area contributed by atoms with Crippen LogP contribution in [0.1, 0.15) is 66.2 Å². The van der Waals surface area contributed by atoms with Crippen molar-refractivity contribution in [3.05, 3.63) is 77.0 Å². The number of para-hydroxylation sites is 1. The number of unbranched alkanes of at least 4 members (excludes halogenated alkanes) is 1. The molecule has 1 saturated heterocycles. The third-order valence-corrected chi connectivity index (χ3v) is 7.46. The maximum Gasteiger partial charge on any atom is 0.256 e. The predicted octanol–water partition coefficient (Wildman–Crippen LogP) is 5.84. The van der Waals surface area contributed by atoms with Crippen molar-refractivity contribution in [2.75, 3.05) is 19.6 Å². The second-order valence-electron chi connectivity index (χ2n) is 9.75. The average Bonchev–Trinajstić information content (AvgIpc) is 3.17. The van der Waals surface area contributed by atoms with E-state index in [9.17, 15) is 4.79 Å². The molecule has 3 heterocycles. The van der Waals surface area contributed by atoms with Gasteiger partial charge in [0.05, 0.1) is 23.3 Å². The third-order valence-electron chi connectivity index (χ3n) is 7.46. The molecule has 1 amide bonds. The Morgan fingerprint density at radius 1 is 1.00 bits per heavy atom. The number of carbonyl (C=O) groups is 1. The van der Waals surface area contributed by atoms with E-state index in [1.165, 1.54) is 24.0 Å². The van der Waals surface area contributed by atoms with Gasteiger partial charge in [-0.3, -0.25) is 14.7 Å². The minimum absolute atomic E-state index is 0.205. The van der Waals surface area contributed by atoms with Crippen LogP contribution in [0, 0.1) is 5.92 Å². The lowest BCUT2D eigenvalue weighted by Crippen LogP contribution is -2.35. The molecule has 4 heteroatoms. The van der Waals surface area contributed by atoms with Gasteiger partial charge in [0.1, 0.15) is 0 Å². The van der Waals surface area contributed by atoms with Gasteiger partial charge in [0.2, 0.25) is 0 Å². The zero-order valence-electron chi connectivity index (χ0n) is 19.8. The Morgan fingerprint density at radius 3 is 2.55 bits per heavy atom. The molecule has 0 N–H and O–H groups in total. The van der Waals surface area contributed by atoms with Crippen LogP contribution in [0.4, 0.5) is 0 Å². The van der Waals surface area contributed by atoms with Crippen molar-refractivity contribution < 1.29 is 4.79 Å². The summed E-state index contributed by atoms with van der Waals surface area (Å²) in [4.78, 5) is 23.0. The fourth-order valence-corrected chi connectivity index (χ4v) is 5.52. The number of amides is 1. The van der Waals surface area contributed by atoms with E-state index in [4.69, 9.17) is 4.98 Å². The molecule has 0 spiro atoms. The highest BCUT2D eigenvalue weighted by molar-refractivity contribution is 6.03. The molecule has 0 saturated carbocycles. The molecule has 4 nitrogen and oxygen atoms in total. The van der Waals surface area contributed by atoms with Crippen molar-refractivity contribution in [3.8, 4) is 0 Å². The van der Waals surface area contributed by atoms with Gasteiger partial charge in [0.15, 0.2) is 0 Å². The summed E-state index contributed by atoms with van der Waals surface area (Å²) in [6, 6.07) is 19.1. The van der Waals surface area contributed by atoms with E-state index in [2.05, 4.69) is 65.3 Å². The largest absolute Gasteiger partial charge is 0.333 e. The minimum atomic E-state index is 0.205. The van der Waals surface area contributed by atoms with Gasteiger partial charge in [0, 0.05) is 18.5 Å². The van der Waals surface area contributed by atoms with Crippen molar-refractivity contribution in [3.63, 3.8) is 0 Å². The summed E-state index contributed by atoms with van der Waals surface area (Å²) < 4.78 is 0. The standard InChI is InChI=1S/C29H35N3O/c1-2-3-11-25-24-12-7-8-13-26(24)30-27-21-32(29(33)28(25)27)19-16-22-14-17-31(18-15-22)20-23-9-5-4-6-10-23/h4-10,12-13,22H,2-3,11,14-21H2,1H3. The lowest BCUT2D eigenvalue weighted by atomic mass is 9.93. The molecule has 0 atom stereocenters. The van der Waals surface area contributed by atoms with Gasteiger partial charge >= 0.3 is 0 Å². The summed E-state index contributed by atoms with van der Waals surface area (Å²) in [6.45, 7) is 7.09. The van der Waals surface area contributed by atoms with Gasteiger partial charge in [0.25, 0.3) is 5.91 Å². The van der Waals surface area contributed by atoms with Crippen LogP contribution in [0.15, 0.2) is 54.6 Å². The lowest BCUT2D eigenvalue weighted by Gasteiger charge is -2.32. The highest BCUT2D eigenvalue weighted by Gasteiger charge is 2.32. The van der Waals surface area contributed by atoms with Crippen LogP contribution < -0.4 is 0 Å². The normalized spacial score (nSPS) is 17.1. The quantitative estimate of drug-likeness (QED) is 0.441. The monoisotopic (exact) mass is 441 g/mol. The van der Waals surface area contributed by atoms with E-state index in [1.54, 1.807) is 0 Å². The van der Waals surface area contributed by atoms with Crippen LogP contribution in [0.5, 0.6) is 0 Å². The van der Waals surface area contributed by atoms with E-state index in [0.717, 1.165) is 74.0 Å². The number of likely N-dealkylation sites (tertiary alicyclic amines) is 1. The number of pyridine rings is 1. The SMILES string of the molecule is CCCCc1c2c(nc3ccccc13)CN(CCC1CCN(Cc3ccccc3)CC1)C2=O. The van der Waals surface area contributed by atoms with Gasteiger partial charge in [-0.2, -0.15) is 0 Å². The first-order valence-electron chi connectivity index (χ1n) is 12.7. The zero-order valence-corrected chi connectivity index (χ0v) is 19.8. The predicted molar refractivity (Wildman–Crippen MR) is 134 cm³/mol. The maximum absolute atomic E-state index is 13.4. The fourth-order valence-electron chi connectivity index (χ4n) is 5.52. The second kappa shape index (κ2) is 10.0. The number of hydrogen-bond acceptors (Lipinski definition) is 3. The Kier molecular flexibility index (Phi) is 6.73. The van der Waals surface area contributed by atoms with Crippen molar-refractivity contribution in [1.82, 2.24) is 14.8 Å². The van der Waals surface area contributed by atoms with E-state index in [0.29, 0.717) is 12.5 Å². The molecule has 33 heavy (non-hydrogen) atoms. The number of carbonyl (C=O) groups excluding carboxylic acids is 1. The molecule has 5 rings (SSSR count). The van der Waals surface area contributed by atoms with Crippen LogP contribution in [-0.2, 0) is 19.5 Å². The molecule has 1 aromatic heterocycles. The van der Waals surface area contributed by atoms with Crippen molar-refractivity contribution in [2.24, 2.45) is 5.92 Å². The molecular weight excluding hydrogens is 406 g/mol. The van der Waals surface area contributed by atoms with Crippen LogP contribution in [0.2, 0.25) is 0 Å². The third kappa shape index (κ3) is 4.81. The molecular formula is C29H35N3O. The summed E-state index contributed by atoms with van der Waals surface area (Å²) in [5.74, 6) is 0.913. The van der Waals surface area contributed by atoms with Crippen LogP contribution in [0.25, 0.3) is 10.9 Å². The smallest absolute Gasteiger partial charge is 0.256 e. The van der Waals surface area contributed by atoms with Crippen LogP contribution >= 0.6 is 0 Å². The summed E-state index contributed by atoms with van der Waals surface area (Å²) in [5.41, 5.74) is 5.54. The molecule has 2 aromatic carbocycles. The van der Waals surface area contributed by atoms with Gasteiger partial charge < -0.3 is 4.90 Å². The number of fused-ring (bicyclic) bond motifs is 2. The van der Waals surface area contributed by atoms with E-state index < -0.39 is 0 Å². The highest BCUT2D eigenvalue weighted by atomic mass is 16.2. The summed E-state index contributed by atoms with van der Waals surface area (Å²) in [5, 5.41) is 1.16. The minimum Gasteiger partial charge on any atom is -0.333 e. The second-order valence-corrected chi connectivity index (χ2v) is 9.75. The number of benzene rings is 2. The molecule has 0 aliphatic carbocycles. The first-order valence-corrected chi connectivity index (χ1v) is 12.7. The number of rotatable bonds is 8. The zero-order chi connectivity index (χ0) is 22.6. The van der Waals surface area contributed by atoms with Crippen LogP contribution in [0.3, 0.4) is 0 Å². The number of aromatic nitrogens is 1. The number of aryl methyl sites for hydroxylation is 1. The Morgan fingerprint density at radius 2 is 1.76 bits per heavy atom. The molecule has 0 radical (unpaired) electrons. The van der Waals surface area contributed by atoms with Crippen molar-refractivity contribution in [2.45, 2.75) is 58.5 Å². The van der Waals surface area contributed by atoms with E-state index in [1.807, 2.05) is 6.07 Å². The summed E-state index contributed by atoms with van der Waals surface area (Å²) >= 11 is 0. The molecule has 172 valence electrons. The highest BCUT2D eigenvalue weighted by Crippen LogP contribution is 2.32. The van der Waals surface area contributed by atoms with Crippen molar-refractivity contribution >= 4 is 16.8 Å². The first kappa shape index (κ1) is 22.1. The van der Waals surface area contributed by atoms with Gasteiger partial charge in [-0.05, 0) is 68.3 Å². The molecule has 2 aliphatic heterocycles. The Balaban J connectivity index is 1.21. The summed E-state index contributed by atoms with van der Waals surface area (Å²) in [7, 11) is 0. The Labute approximate surface area is 197 Å². The van der Waals surface area contributed by atoms with E-state index >= 15 is 0 Å². The molecule has 0 bridgehead atoms. The number of nitrogens with zero attached hydrogens (tertiary/aromatic N) is 3. The topological polar surface area (TPSA) is 36.4 Å². The fraction of sp³-hybridized carbons (Fsp3) is 0.448. The summed E-state index contributed by atoms with van der Waals surface area (Å²) in [6.07, 6.45) is 6.75. The van der Waals surface area contributed by atoms with Gasteiger partial charge in [-0.1, -0.05) is 61.9 Å². The van der Waals surface area contributed by atoms with Crippen LogP contribution in [-0.4, -0.2) is 40.3 Å². The van der Waals surface area contributed by atoms with Gasteiger partial charge in [-0.15, -0.1) is 0 Å². The first-order chi connectivity index (χ1) is 16.2. The van der Waals surface area contributed by atoms with Crippen molar-refractivity contribution in [1.29, 1.82) is 0 Å². The average molecular weight is 442 g/mol. The Bertz CT molecular complexity index is 1100. The van der Waals surface area contributed by atoms with E-state index in [-0.39, 0.29) is 5.91 Å². The number of hydrogen-bond donors (Lipinski definition) is 0. The molecule has 0 unspecified atom stereocenters. The molecule has 1 fully saturated rings. The molecule has 3 aromatic rings. The lowest BCUT2D eigenvalue weighted by molar-refractivity contribution is 0.0756. The number of piperidine rings is 1. The maximum atomic E-state index is 13.4. The van der Waals surface area contributed by atoms with Gasteiger partial charge in [-0.25, -0.2) is 0 Å². The molecule has 2 aliphatic rings. The Hall–Kier alpha value is -2.72.